The van der Waals surface area contributed by atoms with Crippen LogP contribution in [0.1, 0.15) is 28.7 Å². The second kappa shape index (κ2) is 13.0. The fourth-order valence-electron chi connectivity index (χ4n) is 4.86. The Morgan fingerprint density at radius 1 is 0.951 bits per heavy atom. The Hall–Kier alpha value is -4.87. The summed E-state index contributed by atoms with van der Waals surface area (Å²) in [7, 11) is 0. The number of nitriles is 1. The van der Waals surface area contributed by atoms with Gasteiger partial charge < -0.3 is 19.1 Å². The summed E-state index contributed by atoms with van der Waals surface area (Å²) in [5, 5.41) is 20.8. The van der Waals surface area contributed by atoms with Crippen LogP contribution < -0.4 is 14.4 Å². The molecule has 0 aliphatic carbocycles. The molecule has 1 heterocycles. The standard InChI is InChI=1S/C33H31N3O5/c1-24-32(6-3-7-33(24)36(37)38)35(20-26-10-8-25(19-34)9-11-26)21-27-12-14-29(15-13-27)41-31-5-2-4-30(18-31)40-23-28-16-17-39-22-28/h2-15,18,28H,16-17,20-23H2,1H3. The Kier molecular flexibility index (Phi) is 8.77. The van der Waals surface area contributed by atoms with Crippen LogP contribution in [0, 0.1) is 34.3 Å². The van der Waals surface area contributed by atoms with Crippen LogP contribution in [0.4, 0.5) is 11.4 Å². The normalized spacial score (nSPS) is 14.3. The lowest BCUT2D eigenvalue weighted by atomic mass is 10.1. The first-order chi connectivity index (χ1) is 20.0. The third-order valence-electron chi connectivity index (χ3n) is 7.12. The van der Waals surface area contributed by atoms with E-state index in [-0.39, 0.29) is 10.6 Å². The van der Waals surface area contributed by atoms with E-state index in [0.717, 1.165) is 42.2 Å². The smallest absolute Gasteiger partial charge is 0.274 e. The van der Waals surface area contributed by atoms with Gasteiger partial charge >= 0.3 is 0 Å². The van der Waals surface area contributed by atoms with Crippen molar-refractivity contribution >= 4 is 11.4 Å². The van der Waals surface area contributed by atoms with E-state index >= 15 is 0 Å². The first-order valence-corrected chi connectivity index (χ1v) is 13.5. The lowest BCUT2D eigenvalue weighted by Crippen LogP contribution is -2.23. The van der Waals surface area contributed by atoms with Crippen LogP contribution in [0.3, 0.4) is 0 Å². The van der Waals surface area contributed by atoms with E-state index in [1.807, 2.05) is 66.7 Å². The van der Waals surface area contributed by atoms with E-state index in [1.54, 1.807) is 25.1 Å². The van der Waals surface area contributed by atoms with Gasteiger partial charge in [-0.05, 0) is 66.9 Å². The molecule has 41 heavy (non-hydrogen) atoms. The van der Waals surface area contributed by atoms with Crippen molar-refractivity contribution in [2.75, 3.05) is 24.7 Å². The Labute approximate surface area is 239 Å². The molecule has 0 spiro atoms. The zero-order chi connectivity index (χ0) is 28.6. The van der Waals surface area contributed by atoms with Crippen molar-refractivity contribution in [1.82, 2.24) is 0 Å². The first kappa shape index (κ1) is 27.7. The molecule has 5 rings (SSSR count). The van der Waals surface area contributed by atoms with Gasteiger partial charge in [0.15, 0.2) is 0 Å². The molecule has 8 nitrogen and oxygen atoms in total. The zero-order valence-electron chi connectivity index (χ0n) is 22.9. The number of hydrogen-bond donors (Lipinski definition) is 0. The predicted octanol–water partition coefficient (Wildman–Crippen LogP) is 7.19. The third kappa shape index (κ3) is 7.21. The average molecular weight is 550 g/mol. The number of nitro groups is 1. The predicted molar refractivity (Wildman–Crippen MR) is 156 cm³/mol. The van der Waals surface area contributed by atoms with Crippen LogP contribution in [-0.2, 0) is 17.8 Å². The van der Waals surface area contributed by atoms with Crippen LogP contribution in [0.2, 0.25) is 0 Å². The molecule has 0 aromatic heterocycles. The van der Waals surface area contributed by atoms with Crippen molar-refractivity contribution in [3.05, 3.63) is 123 Å². The summed E-state index contributed by atoms with van der Waals surface area (Å²) in [6.07, 6.45) is 1.02. The van der Waals surface area contributed by atoms with Gasteiger partial charge in [0.2, 0.25) is 0 Å². The van der Waals surface area contributed by atoms with Crippen molar-refractivity contribution in [2.45, 2.75) is 26.4 Å². The van der Waals surface area contributed by atoms with E-state index in [9.17, 15) is 10.1 Å². The minimum atomic E-state index is -0.353. The van der Waals surface area contributed by atoms with Gasteiger partial charge in [0.25, 0.3) is 5.69 Å². The molecule has 0 bridgehead atoms. The molecular formula is C33H31N3O5. The van der Waals surface area contributed by atoms with Crippen molar-refractivity contribution in [1.29, 1.82) is 5.26 Å². The SMILES string of the molecule is Cc1c(N(Cc2ccc(C#N)cc2)Cc2ccc(Oc3cccc(OCC4CCOC4)c3)cc2)cccc1[N+](=O)[O-]. The van der Waals surface area contributed by atoms with Gasteiger partial charge in [-0.3, -0.25) is 10.1 Å². The molecule has 1 atom stereocenters. The molecule has 8 heteroatoms. The Bertz CT molecular complexity index is 1520. The van der Waals surface area contributed by atoms with E-state index in [4.69, 9.17) is 19.5 Å². The number of rotatable bonds is 11. The van der Waals surface area contributed by atoms with Crippen molar-refractivity contribution in [2.24, 2.45) is 5.92 Å². The summed E-state index contributed by atoms with van der Waals surface area (Å²) in [6.45, 7) is 4.98. The minimum absolute atomic E-state index is 0.0823. The van der Waals surface area contributed by atoms with Crippen LogP contribution in [0.25, 0.3) is 0 Å². The van der Waals surface area contributed by atoms with Gasteiger partial charge in [-0.25, -0.2) is 0 Å². The Balaban J connectivity index is 1.30. The molecule has 0 saturated carbocycles. The van der Waals surface area contributed by atoms with Crippen LogP contribution in [0.5, 0.6) is 17.2 Å². The summed E-state index contributed by atoms with van der Waals surface area (Å²) in [6, 6.07) is 30.1. The average Bonchev–Trinajstić information content (AvgIpc) is 3.51. The van der Waals surface area contributed by atoms with Gasteiger partial charge in [-0.2, -0.15) is 5.26 Å². The van der Waals surface area contributed by atoms with Gasteiger partial charge in [-0.15, -0.1) is 0 Å². The zero-order valence-corrected chi connectivity index (χ0v) is 22.9. The maximum atomic E-state index is 11.6. The number of hydrogen-bond acceptors (Lipinski definition) is 7. The molecule has 1 saturated heterocycles. The monoisotopic (exact) mass is 549 g/mol. The summed E-state index contributed by atoms with van der Waals surface area (Å²) < 4.78 is 17.5. The molecule has 0 radical (unpaired) electrons. The van der Waals surface area contributed by atoms with E-state index in [0.29, 0.717) is 48.2 Å². The first-order valence-electron chi connectivity index (χ1n) is 13.5. The highest BCUT2D eigenvalue weighted by molar-refractivity contribution is 5.62. The fraction of sp³-hybridized carbons (Fsp3) is 0.242. The van der Waals surface area contributed by atoms with Crippen LogP contribution in [-0.4, -0.2) is 24.7 Å². The van der Waals surface area contributed by atoms with Gasteiger partial charge in [-0.1, -0.05) is 36.4 Å². The third-order valence-corrected chi connectivity index (χ3v) is 7.12. The van der Waals surface area contributed by atoms with Gasteiger partial charge in [0.1, 0.15) is 17.2 Å². The van der Waals surface area contributed by atoms with Crippen molar-refractivity contribution < 1.29 is 19.1 Å². The largest absolute Gasteiger partial charge is 0.493 e. The highest BCUT2D eigenvalue weighted by Gasteiger charge is 2.19. The molecule has 0 N–H and O–H groups in total. The number of benzene rings is 4. The van der Waals surface area contributed by atoms with Crippen LogP contribution >= 0.6 is 0 Å². The number of nitrogens with zero attached hydrogens (tertiary/aromatic N) is 3. The molecule has 0 amide bonds. The molecule has 1 aliphatic heterocycles. The van der Waals surface area contributed by atoms with Gasteiger partial charge in [0, 0.05) is 43.4 Å². The van der Waals surface area contributed by atoms with E-state index in [2.05, 4.69) is 11.0 Å². The second-order valence-electron chi connectivity index (χ2n) is 10.1. The molecule has 1 fully saturated rings. The maximum absolute atomic E-state index is 11.6. The molecule has 4 aromatic carbocycles. The lowest BCUT2D eigenvalue weighted by Gasteiger charge is -2.27. The topological polar surface area (TPSA) is 97.9 Å². The molecule has 4 aromatic rings. The molecule has 1 aliphatic rings. The Morgan fingerprint density at radius 3 is 2.29 bits per heavy atom. The maximum Gasteiger partial charge on any atom is 0.274 e. The summed E-state index contributed by atoms with van der Waals surface area (Å²) >= 11 is 0. The number of anilines is 1. The summed E-state index contributed by atoms with van der Waals surface area (Å²) in [5.41, 5.74) is 4.07. The van der Waals surface area contributed by atoms with E-state index < -0.39 is 0 Å². The summed E-state index contributed by atoms with van der Waals surface area (Å²) in [4.78, 5) is 13.4. The quantitative estimate of drug-likeness (QED) is 0.144. The van der Waals surface area contributed by atoms with Crippen LogP contribution in [0.15, 0.2) is 91.0 Å². The number of ether oxygens (including phenoxy) is 3. The highest BCUT2D eigenvalue weighted by atomic mass is 16.6. The lowest BCUT2D eigenvalue weighted by molar-refractivity contribution is -0.385. The highest BCUT2D eigenvalue weighted by Crippen LogP contribution is 2.31. The van der Waals surface area contributed by atoms with Gasteiger partial charge in [0.05, 0.1) is 35.3 Å². The molecule has 208 valence electrons. The van der Waals surface area contributed by atoms with E-state index in [1.165, 1.54) is 6.07 Å². The van der Waals surface area contributed by atoms with Crippen molar-refractivity contribution in [3.8, 4) is 23.3 Å². The number of nitro benzene ring substituents is 1. The fourth-order valence-corrected chi connectivity index (χ4v) is 4.86. The summed E-state index contributed by atoms with van der Waals surface area (Å²) in [5.74, 6) is 2.57. The van der Waals surface area contributed by atoms with Crippen molar-refractivity contribution in [3.63, 3.8) is 0 Å². The Morgan fingerprint density at radius 2 is 1.63 bits per heavy atom. The molecular weight excluding hydrogens is 518 g/mol. The minimum Gasteiger partial charge on any atom is -0.493 e. The molecule has 1 unspecified atom stereocenters. The second-order valence-corrected chi connectivity index (χ2v) is 10.1.